The number of aromatic nitrogens is 2. The van der Waals surface area contributed by atoms with E-state index in [1.807, 2.05) is 0 Å². The van der Waals surface area contributed by atoms with E-state index in [1.54, 1.807) is 0 Å². The second-order valence-electron chi connectivity index (χ2n) is 6.84. The van der Waals surface area contributed by atoms with Crippen molar-refractivity contribution in [3.05, 3.63) is 11.7 Å². The quantitative estimate of drug-likeness (QED) is 0.829. The Morgan fingerprint density at radius 2 is 1.86 bits per heavy atom. The average Bonchev–Trinajstić information content (AvgIpc) is 3.24. The molecule has 3 rings (SSSR count). The van der Waals surface area contributed by atoms with Crippen molar-refractivity contribution >= 4 is 0 Å². The molecule has 0 radical (unpaired) electrons. The number of nitrogens with one attached hydrogen (secondary N) is 1. The van der Waals surface area contributed by atoms with Crippen molar-refractivity contribution < 1.29 is 4.52 Å². The summed E-state index contributed by atoms with van der Waals surface area (Å²) in [5.74, 6) is 3.15. The molecule has 2 fully saturated rings. The van der Waals surface area contributed by atoms with Gasteiger partial charge >= 0.3 is 0 Å². The highest BCUT2D eigenvalue weighted by molar-refractivity contribution is 4.99. The maximum atomic E-state index is 5.55. The summed E-state index contributed by atoms with van der Waals surface area (Å²) in [5.41, 5.74) is 0. The molecule has 1 aromatic heterocycles. The number of rotatable bonds is 7. The van der Waals surface area contributed by atoms with Gasteiger partial charge in [0, 0.05) is 18.4 Å². The van der Waals surface area contributed by atoms with E-state index < -0.39 is 0 Å². The lowest BCUT2D eigenvalue weighted by atomic mass is 9.95. The third-order valence-corrected chi connectivity index (χ3v) is 5.22. The summed E-state index contributed by atoms with van der Waals surface area (Å²) >= 11 is 0. The summed E-state index contributed by atoms with van der Waals surface area (Å²) in [7, 11) is 0. The first-order chi connectivity index (χ1) is 10.4. The second kappa shape index (κ2) is 7.39. The topological polar surface area (TPSA) is 51.0 Å². The molecular formula is C17H29N3O. The Kier molecular flexibility index (Phi) is 5.28. The second-order valence-corrected chi connectivity index (χ2v) is 6.84. The number of hydrogen-bond acceptors (Lipinski definition) is 4. The van der Waals surface area contributed by atoms with Crippen LogP contribution in [0.1, 0.15) is 82.3 Å². The summed E-state index contributed by atoms with van der Waals surface area (Å²) in [6, 6.07) is 0.518. The highest BCUT2D eigenvalue weighted by atomic mass is 16.5. The lowest BCUT2D eigenvalue weighted by Crippen LogP contribution is -2.37. The van der Waals surface area contributed by atoms with Crippen molar-refractivity contribution in [2.24, 2.45) is 5.92 Å². The third kappa shape index (κ3) is 3.85. The van der Waals surface area contributed by atoms with E-state index in [-0.39, 0.29) is 0 Å². The van der Waals surface area contributed by atoms with Crippen LogP contribution in [0.15, 0.2) is 4.52 Å². The summed E-state index contributed by atoms with van der Waals surface area (Å²) in [5, 5.41) is 7.96. The summed E-state index contributed by atoms with van der Waals surface area (Å²) < 4.78 is 5.55. The molecule has 0 aliphatic heterocycles. The highest BCUT2D eigenvalue weighted by Crippen LogP contribution is 2.33. The zero-order valence-electron chi connectivity index (χ0n) is 13.3. The molecule has 118 valence electrons. The van der Waals surface area contributed by atoms with Crippen LogP contribution >= 0.6 is 0 Å². The predicted molar refractivity (Wildman–Crippen MR) is 83.3 cm³/mol. The molecule has 4 heteroatoms. The molecule has 4 nitrogen and oxygen atoms in total. The molecule has 0 aromatic carbocycles. The van der Waals surface area contributed by atoms with Gasteiger partial charge in [-0.3, -0.25) is 0 Å². The van der Waals surface area contributed by atoms with Crippen molar-refractivity contribution in [3.8, 4) is 0 Å². The average molecular weight is 291 g/mol. The lowest BCUT2D eigenvalue weighted by molar-refractivity contribution is 0.306. The lowest BCUT2D eigenvalue weighted by Gasteiger charge is -2.23. The van der Waals surface area contributed by atoms with Crippen molar-refractivity contribution in [2.75, 3.05) is 6.54 Å². The van der Waals surface area contributed by atoms with Crippen molar-refractivity contribution in [1.29, 1.82) is 0 Å². The fourth-order valence-electron chi connectivity index (χ4n) is 3.98. The molecule has 2 saturated carbocycles. The Balaban J connectivity index is 1.61. The van der Waals surface area contributed by atoms with Crippen LogP contribution in [0.5, 0.6) is 0 Å². The van der Waals surface area contributed by atoms with E-state index in [4.69, 9.17) is 9.51 Å². The Hall–Kier alpha value is -0.900. The molecule has 2 aliphatic rings. The van der Waals surface area contributed by atoms with Gasteiger partial charge in [-0.15, -0.1) is 0 Å². The van der Waals surface area contributed by atoms with E-state index in [0.717, 1.165) is 30.6 Å². The normalized spacial score (nSPS) is 22.1. The maximum Gasteiger partial charge on any atom is 0.228 e. The molecule has 1 atom stereocenters. The summed E-state index contributed by atoms with van der Waals surface area (Å²) in [4.78, 5) is 4.69. The van der Waals surface area contributed by atoms with Gasteiger partial charge in [0.25, 0.3) is 0 Å². The molecule has 0 bridgehead atoms. The van der Waals surface area contributed by atoms with E-state index in [0.29, 0.717) is 12.0 Å². The Morgan fingerprint density at radius 3 is 2.57 bits per heavy atom. The monoisotopic (exact) mass is 291 g/mol. The molecule has 2 aliphatic carbocycles. The maximum absolute atomic E-state index is 5.55. The standard InChI is InChI=1S/C17H29N3O/c1-2-11-18-15(13-7-3-4-8-13)12-16-19-17(20-21-16)14-9-5-6-10-14/h13-15,18H,2-12H2,1H3. The molecule has 1 N–H and O–H groups in total. The van der Waals surface area contributed by atoms with Gasteiger partial charge in [0.2, 0.25) is 5.89 Å². The van der Waals surface area contributed by atoms with Crippen LogP contribution < -0.4 is 5.32 Å². The smallest absolute Gasteiger partial charge is 0.228 e. The van der Waals surface area contributed by atoms with Crippen molar-refractivity contribution in [3.63, 3.8) is 0 Å². The van der Waals surface area contributed by atoms with Crippen LogP contribution in [0, 0.1) is 5.92 Å². The Labute approximate surface area is 128 Å². The molecule has 1 heterocycles. The molecule has 0 amide bonds. The van der Waals surface area contributed by atoms with Crippen LogP contribution in [-0.4, -0.2) is 22.7 Å². The molecule has 21 heavy (non-hydrogen) atoms. The van der Waals surface area contributed by atoms with Crippen molar-refractivity contribution in [2.45, 2.75) is 83.1 Å². The van der Waals surface area contributed by atoms with Gasteiger partial charge in [0.1, 0.15) is 0 Å². The first kappa shape index (κ1) is 15.0. The molecule has 1 aromatic rings. The minimum Gasteiger partial charge on any atom is -0.339 e. The largest absolute Gasteiger partial charge is 0.339 e. The Bertz CT molecular complexity index is 419. The van der Waals surface area contributed by atoms with E-state index in [9.17, 15) is 0 Å². The van der Waals surface area contributed by atoms with Crippen molar-refractivity contribution in [1.82, 2.24) is 15.5 Å². The predicted octanol–water partition coefficient (Wildman–Crippen LogP) is 3.83. The molecule has 0 spiro atoms. The number of nitrogens with zero attached hydrogens (tertiary/aromatic N) is 2. The molecule has 0 saturated heterocycles. The number of hydrogen-bond donors (Lipinski definition) is 1. The van der Waals surface area contributed by atoms with Gasteiger partial charge in [0.05, 0.1) is 0 Å². The third-order valence-electron chi connectivity index (χ3n) is 5.22. The fourth-order valence-corrected chi connectivity index (χ4v) is 3.98. The zero-order valence-corrected chi connectivity index (χ0v) is 13.3. The van der Waals surface area contributed by atoms with Crippen LogP contribution in [0.25, 0.3) is 0 Å². The minimum absolute atomic E-state index is 0.518. The molecular weight excluding hydrogens is 262 g/mol. The SMILES string of the molecule is CCCNC(Cc1nc(C2CCCC2)no1)C1CCCC1. The Morgan fingerprint density at radius 1 is 1.14 bits per heavy atom. The van der Waals surface area contributed by atoms with Crippen LogP contribution in [0.3, 0.4) is 0 Å². The van der Waals surface area contributed by atoms with Gasteiger partial charge in [-0.05, 0) is 44.6 Å². The first-order valence-corrected chi connectivity index (χ1v) is 8.92. The fraction of sp³-hybridized carbons (Fsp3) is 0.882. The van der Waals surface area contributed by atoms with E-state index in [1.165, 1.54) is 57.8 Å². The minimum atomic E-state index is 0.518. The van der Waals surface area contributed by atoms with E-state index in [2.05, 4.69) is 17.4 Å². The summed E-state index contributed by atoms with van der Waals surface area (Å²) in [6.07, 6.45) is 12.7. The van der Waals surface area contributed by atoms with Gasteiger partial charge < -0.3 is 9.84 Å². The van der Waals surface area contributed by atoms with Crippen LogP contribution in [-0.2, 0) is 6.42 Å². The van der Waals surface area contributed by atoms with Gasteiger partial charge in [-0.1, -0.05) is 37.8 Å². The summed E-state index contributed by atoms with van der Waals surface area (Å²) in [6.45, 7) is 3.31. The van der Waals surface area contributed by atoms with Crippen LogP contribution in [0.2, 0.25) is 0 Å². The zero-order chi connectivity index (χ0) is 14.5. The first-order valence-electron chi connectivity index (χ1n) is 8.92. The van der Waals surface area contributed by atoms with Crippen LogP contribution in [0.4, 0.5) is 0 Å². The van der Waals surface area contributed by atoms with Gasteiger partial charge in [-0.2, -0.15) is 4.98 Å². The highest BCUT2D eigenvalue weighted by Gasteiger charge is 2.28. The van der Waals surface area contributed by atoms with E-state index >= 15 is 0 Å². The molecule has 1 unspecified atom stereocenters. The van der Waals surface area contributed by atoms with Gasteiger partial charge in [0.15, 0.2) is 5.82 Å². The van der Waals surface area contributed by atoms with Gasteiger partial charge in [-0.25, -0.2) is 0 Å².